The minimum Gasteiger partial charge on any atom is -0.759 e. The van der Waals surface area contributed by atoms with Gasteiger partial charge in [0.05, 0.1) is 0 Å². The van der Waals surface area contributed by atoms with E-state index in [1.165, 1.54) is 0 Å². The Bertz CT molecular complexity index is 209. The molecule has 73 valence electrons. The van der Waals surface area contributed by atoms with E-state index in [1.807, 2.05) is 0 Å². The molecule has 0 saturated heterocycles. The van der Waals surface area contributed by atoms with Gasteiger partial charge in [-0.15, -0.1) is 0 Å². The topological polar surface area (TPSA) is 192 Å². The molecule has 0 aromatic rings. The first kappa shape index (κ1) is 22.8. The number of hydrogen-bond donors (Lipinski definition) is 0. The van der Waals surface area contributed by atoms with Crippen molar-refractivity contribution in [2.45, 2.75) is 0 Å². The van der Waals surface area contributed by atoms with Crippen LogP contribution in [0, 0.1) is 0 Å². The molecular formula is H2O9S2V. The third-order valence-corrected chi connectivity index (χ3v) is 0. The van der Waals surface area contributed by atoms with Crippen LogP contribution in [0.2, 0.25) is 0 Å². The fourth-order valence-electron chi connectivity index (χ4n) is 0. The first-order chi connectivity index (χ1) is 4.00. The Labute approximate surface area is 80.1 Å². The van der Waals surface area contributed by atoms with E-state index in [1.54, 1.807) is 0 Å². The zero-order valence-corrected chi connectivity index (χ0v) is 8.06. The maximum atomic E-state index is 8.52. The molecule has 2 N–H and O–H groups in total. The summed E-state index contributed by atoms with van der Waals surface area (Å²) >= 11 is 0. The molecule has 0 bridgehead atoms. The minimum atomic E-state index is -5.17. The maximum absolute atomic E-state index is 8.52. The zero-order chi connectivity index (χ0) is 9.00. The molecule has 0 aliphatic heterocycles. The smallest absolute Gasteiger partial charge is 0.759 e. The van der Waals surface area contributed by atoms with E-state index < -0.39 is 20.8 Å². The van der Waals surface area contributed by atoms with Crippen molar-refractivity contribution in [3.63, 3.8) is 0 Å². The van der Waals surface area contributed by atoms with Gasteiger partial charge in [0.25, 0.3) is 0 Å². The van der Waals surface area contributed by atoms with Crippen LogP contribution >= 0.6 is 0 Å². The molecule has 0 rings (SSSR count). The summed E-state index contributed by atoms with van der Waals surface area (Å²) in [6, 6.07) is 0. The Hall–Kier alpha value is 0.284. The Kier molecular flexibility index (Phi) is 15.0. The summed E-state index contributed by atoms with van der Waals surface area (Å²) < 4.78 is 68.2. The van der Waals surface area contributed by atoms with Crippen molar-refractivity contribution in [1.29, 1.82) is 0 Å². The molecule has 9 nitrogen and oxygen atoms in total. The van der Waals surface area contributed by atoms with Crippen LogP contribution in [0.5, 0.6) is 0 Å². The second-order valence-electron chi connectivity index (χ2n) is 0.816. The summed E-state index contributed by atoms with van der Waals surface area (Å²) in [7, 11) is -10.3. The van der Waals surface area contributed by atoms with E-state index in [0.29, 0.717) is 0 Å². The molecule has 1 radical (unpaired) electrons. The van der Waals surface area contributed by atoms with Crippen molar-refractivity contribution in [2.24, 2.45) is 0 Å². The van der Waals surface area contributed by atoms with Crippen LogP contribution in [-0.4, -0.2) is 40.5 Å². The Morgan fingerprint density at radius 2 is 0.667 bits per heavy atom. The van der Waals surface area contributed by atoms with Gasteiger partial charge < -0.3 is 23.7 Å². The quantitative estimate of drug-likeness (QED) is 0.316. The van der Waals surface area contributed by atoms with Crippen molar-refractivity contribution >= 4 is 20.8 Å². The summed E-state index contributed by atoms with van der Waals surface area (Å²) in [6.07, 6.45) is 0. The van der Waals surface area contributed by atoms with Crippen molar-refractivity contribution < 1.29 is 59.1 Å². The summed E-state index contributed by atoms with van der Waals surface area (Å²) in [6.45, 7) is 0. The first-order valence-electron chi connectivity index (χ1n) is 1.33. The molecule has 0 saturated carbocycles. The first-order valence-corrected chi connectivity index (χ1v) is 4.00. The largest absolute Gasteiger partial charge is 4.00 e. The maximum Gasteiger partial charge on any atom is 4.00 e. The fourth-order valence-corrected chi connectivity index (χ4v) is 0. The van der Waals surface area contributed by atoms with Gasteiger partial charge in [0, 0.05) is 20.8 Å². The van der Waals surface area contributed by atoms with E-state index in [4.69, 9.17) is 35.0 Å². The average molecular weight is 261 g/mol. The van der Waals surface area contributed by atoms with Gasteiger partial charge in [0.1, 0.15) is 0 Å². The predicted molar refractivity (Wildman–Crippen MR) is 24.6 cm³/mol. The third kappa shape index (κ3) is 11000. The standard InChI is InChI=1S/2H2O4S.H2O.V/c2*1-5(2,3)4;;/h2*(H2,1,2,3,4);1H2;/q;;;+4/p-4. The van der Waals surface area contributed by atoms with Gasteiger partial charge in [-0.2, -0.15) is 0 Å². The summed E-state index contributed by atoms with van der Waals surface area (Å²) in [4.78, 5) is 0. The van der Waals surface area contributed by atoms with Crippen molar-refractivity contribution in [3.8, 4) is 0 Å². The fraction of sp³-hybridized carbons (Fsp3) is 0. The van der Waals surface area contributed by atoms with Crippen LogP contribution in [0.1, 0.15) is 0 Å². The molecule has 0 aliphatic rings. The molecular weight excluding hydrogens is 259 g/mol. The van der Waals surface area contributed by atoms with Crippen molar-refractivity contribution in [1.82, 2.24) is 0 Å². The predicted octanol–water partition coefficient (Wildman–Crippen LogP) is -3.50. The van der Waals surface area contributed by atoms with Gasteiger partial charge in [0.2, 0.25) is 0 Å². The second kappa shape index (κ2) is 7.91. The number of rotatable bonds is 0. The molecule has 0 aromatic carbocycles. The van der Waals surface area contributed by atoms with Gasteiger partial charge in [-0.25, -0.2) is 0 Å². The van der Waals surface area contributed by atoms with Gasteiger partial charge in [-0.3, -0.25) is 16.8 Å². The van der Waals surface area contributed by atoms with Crippen LogP contribution in [0.25, 0.3) is 0 Å². The molecule has 0 unspecified atom stereocenters. The molecule has 0 fully saturated rings. The molecule has 0 heterocycles. The molecule has 0 amide bonds. The van der Waals surface area contributed by atoms with Crippen LogP contribution < -0.4 is 0 Å². The molecule has 0 spiro atoms. The molecule has 12 heavy (non-hydrogen) atoms. The summed E-state index contributed by atoms with van der Waals surface area (Å²) in [5, 5.41) is 0. The van der Waals surface area contributed by atoms with Crippen LogP contribution in [0.4, 0.5) is 0 Å². The van der Waals surface area contributed by atoms with E-state index in [-0.39, 0.29) is 24.0 Å². The Morgan fingerprint density at radius 3 is 0.667 bits per heavy atom. The molecule has 12 heteroatoms. The van der Waals surface area contributed by atoms with Crippen molar-refractivity contribution in [3.05, 3.63) is 0 Å². The molecule has 0 aromatic heterocycles. The second-order valence-corrected chi connectivity index (χ2v) is 2.45. The normalized spacial score (nSPS) is 9.67. The number of hydrogen-bond acceptors (Lipinski definition) is 8. The average Bonchev–Trinajstić information content (AvgIpc) is 1.12. The van der Waals surface area contributed by atoms with Crippen LogP contribution in [0.3, 0.4) is 0 Å². The van der Waals surface area contributed by atoms with Gasteiger partial charge in [0.15, 0.2) is 0 Å². The van der Waals surface area contributed by atoms with E-state index >= 15 is 0 Å². The van der Waals surface area contributed by atoms with Crippen LogP contribution in [0.15, 0.2) is 0 Å². The Morgan fingerprint density at radius 1 is 0.667 bits per heavy atom. The van der Waals surface area contributed by atoms with Gasteiger partial charge in [-0.1, -0.05) is 0 Å². The van der Waals surface area contributed by atoms with Gasteiger partial charge >= 0.3 is 18.6 Å². The van der Waals surface area contributed by atoms with E-state index in [9.17, 15) is 0 Å². The molecule has 0 aliphatic carbocycles. The summed E-state index contributed by atoms with van der Waals surface area (Å²) in [5.41, 5.74) is 0. The van der Waals surface area contributed by atoms with Crippen LogP contribution in [-0.2, 0) is 39.4 Å². The van der Waals surface area contributed by atoms with E-state index in [2.05, 4.69) is 0 Å². The molecule has 0 atom stereocenters. The third-order valence-electron chi connectivity index (χ3n) is 0. The zero-order valence-electron chi connectivity index (χ0n) is 5.03. The Balaban J connectivity index is -0.0000000457. The monoisotopic (exact) mass is 261 g/mol. The summed E-state index contributed by atoms with van der Waals surface area (Å²) in [5.74, 6) is 0. The van der Waals surface area contributed by atoms with Crippen molar-refractivity contribution in [2.75, 3.05) is 0 Å². The SMILES string of the molecule is O.O=S(=O)([O-])[O-].O=S(=O)([O-])[O-].[V+4]. The van der Waals surface area contributed by atoms with E-state index in [0.717, 1.165) is 0 Å². The minimum absolute atomic E-state index is 0. The van der Waals surface area contributed by atoms with Gasteiger partial charge in [-0.05, 0) is 0 Å².